The van der Waals surface area contributed by atoms with Crippen molar-refractivity contribution in [3.63, 3.8) is 0 Å². The van der Waals surface area contributed by atoms with Crippen LogP contribution in [0.15, 0.2) is 27.9 Å². The van der Waals surface area contributed by atoms with Crippen molar-refractivity contribution in [1.29, 1.82) is 0 Å². The molecular formula is C19H23N3O6S. The summed E-state index contributed by atoms with van der Waals surface area (Å²) in [4.78, 5) is 39.4. The summed E-state index contributed by atoms with van der Waals surface area (Å²) in [6.45, 7) is 3.55. The lowest BCUT2D eigenvalue weighted by atomic mass is 10.2. The van der Waals surface area contributed by atoms with E-state index in [1.807, 2.05) is 13.8 Å². The van der Waals surface area contributed by atoms with Crippen LogP contribution in [-0.2, 0) is 24.8 Å². The van der Waals surface area contributed by atoms with Crippen LogP contribution >= 0.6 is 11.8 Å². The number of pyridine rings is 1. The smallest absolute Gasteiger partial charge is 0.341 e. The van der Waals surface area contributed by atoms with E-state index in [1.165, 1.54) is 18.9 Å². The fraction of sp³-hybridized carbons (Fsp3) is 0.421. The minimum absolute atomic E-state index is 0.206. The van der Waals surface area contributed by atoms with Gasteiger partial charge in [-0.3, -0.25) is 9.59 Å². The quantitative estimate of drug-likeness (QED) is 0.349. The zero-order valence-corrected chi connectivity index (χ0v) is 17.3. The molecule has 0 spiro atoms. The average molecular weight is 421 g/mol. The Balaban J connectivity index is 1.84. The largest absolute Gasteiger partial charge is 0.469 e. The number of rotatable bonds is 10. The Bertz CT molecular complexity index is 848. The van der Waals surface area contributed by atoms with E-state index in [0.29, 0.717) is 17.2 Å². The second-order valence-corrected chi connectivity index (χ2v) is 7.02. The van der Waals surface area contributed by atoms with Gasteiger partial charge in [-0.25, -0.2) is 9.78 Å². The SMILES string of the molecule is COC(=O)CCCNC(=O)COC(=O)c1cccnc1SCc1c(C)noc1C. The number of methoxy groups -OCH3 is 1. The first-order chi connectivity index (χ1) is 13.9. The van der Waals surface area contributed by atoms with E-state index < -0.39 is 18.5 Å². The van der Waals surface area contributed by atoms with Gasteiger partial charge in [-0.05, 0) is 32.4 Å². The maximum atomic E-state index is 12.4. The van der Waals surface area contributed by atoms with Crippen LogP contribution in [0.25, 0.3) is 0 Å². The van der Waals surface area contributed by atoms with Gasteiger partial charge in [0, 0.05) is 30.5 Å². The van der Waals surface area contributed by atoms with E-state index in [9.17, 15) is 14.4 Å². The topological polar surface area (TPSA) is 121 Å². The highest BCUT2D eigenvalue weighted by atomic mass is 32.2. The lowest BCUT2D eigenvalue weighted by Crippen LogP contribution is -2.30. The van der Waals surface area contributed by atoms with Crippen molar-refractivity contribution in [2.45, 2.75) is 37.5 Å². The van der Waals surface area contributed by atoms with Crippen molar-refractivity contribution in [1.82, 2.24) is 15.5 Å². The number of aromatic nitrogens is 2. The molecule has 2 rings (SSSR count). The van der Waals surface area contributed by atoms with Gasteiger partial charge >= 0.3 is 11.9 Å². The van der Waals surface area contributed by atoms with Gasteiger partial charge in [0.1, 0.15) is 10.8 Å². The first-order valence-electron chi connectivity index (χ1n) is 8.92. The van der Waals surface area contributed by atoms with Crippen LogP contribution in [-0.4, -0.2) is 48.2 Å². The number of esters is 2. The second-order valence-electron chi connectivity index (χ2n) is 6.05. The molecule has 1 N–H and O–H groups in total. The van der Waals surface area contributed by atoms with Crippen LogP contribution in [0.2, 0.25) is 0 Å². The molecule has 2 heterocycles. The molecule has 10 heteroatoms. The van der Waals surface area contributed by atoms with Crippen LogP contribution < -0.4 is 5.32 Å². The normalized spacial score (nSPS) is 10.4. The maximum Gasteiger partial charge on any atom is 0.341 e. The fourth-order valence-electron chi connectivity index (χ4n) is 2.33. The number of nitrogens with one attached hydrogen (secondary N) is 1. The predicted octanol–water partition coefficient (Wildman–Crippen LogP) is 2.20. The van der Waals surface area contributed by atoms with Gasteiger partial charge in [-0.15, -0.1) is 11.8 Å². The van der Waals surface area contributed by atoms with Crippen LogP contribution in [0.1, 0.15) is 40.2 Å². The number of ether oxygens (including phenoxy) is 2. The molecule has 0 unspecified atom stereocenters. The standard InChI is InChI=1S/C19H23N3O6S/c1-12-15(13(2)28-22-12)11-29-18-14(6-4-9-21-18)19(25)27-10-16(23)20-8-5-7-17(24)26-3/h4,6,9H,5,7-8,10-11H2,1-3H3,(H,20,23). The van der Waals surface area contributed by atoms with E-state index >= 15 is 0 Å². The van der Waals surface area contributed by atoms with Gasteiger partial charge in [0.25, 0.3) is 5.91 Å². The van der Waals surface area contributed by atoms with E-state index in [0.717, 1.165) is 17.0 Å². The summed E-state index contributed by atoms with van der Waals surface area (Å²) < 4.78 is 14.7. The molecule has 0 aliphatic heterocycles. The Kier molecular flexibility index (Phi) is 8.66. The molecule has 29 heavy (non-hydrogen) atoms. The van der Waals surface area contributed by atoms with E-state index in [2.05, 4.69) is 20.2 Å². The Morgan fingerprint density at radius 2 is 2.07 bits per heavy atom. The molecule has 0 atom stereocenters. The van der Waals surface area contributed by atoms with Crippen LogP contribution in [0.3, 0.4) is 0 Å². The molecule has 0 radical (unpaired) electrons. The van der Waals surface area contributed by atoms with Crippen LogP contribution in [0, 0.1) is 13.8 Å². The molecule has 0 aliphatic rings. The monoisotopic (exact) mass is 421 g/mol. The number of nitrogens with zero attached hydrogens (tertiary/aromatic N) is 2. The summed E-state index contributed by atoms with van der Waals surface area (Å²) >= 11 is 1.36. The summed E-state index contributed by atoms with van der Waals surface area (Å²) in [5.41, 5.74) is 2.02. The van der Waals surface area contributed by atoms with Gasteiger partial charge in [-0.1, -0.05) is 5.16 Å². The van der Waals surface area contributed by atoms with Crippen molar-refractivity contribution >= 4 is 29.6 Å². The van der Waals surface area contributed by atoms with E-state index in [1.54, 1.807) is 18.3 Å². The molecule has 0 aliphatic carbocycles. The highest BCUT2D eigenvalue weighted by Crippen LogP contribution is 2.27. The molecular weight excluding hydrogens is 398 g/mol. The Hall–Kier alpha value is -2.88. The molecule has 156 valence electrons. The number of amides is 1. The highest BCUT2D eigenvalue weighted by molar-refractivity contribution is 7.98. The summed E-state index contributed by atoms with van der Waals surface area (Å²) in [6, 6.07) is 3.22. The average Bonchev–Trinajstić information content (AvgIpc) is 3.05. The molecule has 2 aromatic rings. The molecule has 0 saturated heterocycles. The Morgan fingerprint density at radius 3 is 2.76 bits per heavy atom. The molecule has 0 fully saturated rings. The number of carbonyl (C=O) groups excluding carboxylic acids is 3. The highest BCUT2D eigenvalue weighted by Gasteiger charge is 2.17. The molecule has 0 aromatic carbocycles. The molecule has 1 amide bonds. The lowest BCUT2D eigenvalue weighted by molar-refractivity contribution is -0.140. The second kappa shape index (κ2) is 11.2. The predicted molar refractivity (Wildman–Crippen MR) is 104 cm³/mol. The fourth-order valence-corrected chi connectivity index (χ4v) is 3.47. The maximum absolute atomic E-state index is 12.4. The van der Waals surface area contributed by atoms with Crippen molar-refractivity contribution in [2.75, 3.05) is 20.3 Å². The minimum Gasteiger partial charge on any atom is -0.469 e. The Morgan fingerprint density at radius 1 is 1.28 bits per heavy atom. The number of aryl methyl sites for hydroxylation is 2. The lowest BCUT2D eigenvalue weighted by Gasteiger charge is -2.09. The number of carbonyl (C=O) groups is 3. The first kappa shape index (κ1) is 22.4. The van der Waals surface area contributed by atoms with Gasteiger partial charge in [0.15, 0.2) is 6.61 Å². The number of thioether (sulfide) groups is 1. The molecule has 0 saturated carbocycles. The number of hydrogen-bond donors (Lipinski definition) is 1. The summed E-state index contributed by atoms with van der Waals surface area (Å²) in [5.74, 6) is -0.164. The van der Waals surface area contributed by atoms with Gasteiger partial charge in [-0.2, -0.15) is 0 Å². The zero-order chi connectivity index (χ0) is 21.2. The third kappa shape index (κ3) is 6.90. The van der Waals surface area contributed by atoms with Crippen molar-refractivity contribution in [3.05, 3.63) is 40.9 Å². The van der Waals surface area contributed by atoms with Crippen molar-refractivity contribution in [2.24, 2.45) is 0 Å². The minimum atomic E-state index is -0.635. The van der Waals surface area contributed by atoms with Crippen molar-refractivity contribution < 1.29 is 28.4 Å². The molecule has 2 aromatic heterocycles. The third-order valence-corrected chi connectivity index (χ3v) is 5.00. The van der Waals surface area contributed by atoms with Crippen molar-refractivity contribution in [3.8, 4) is 0 Å². The van der Waals surface area contributed by atoms with E-state index in [-0.39, 0.29) is 24.5 Å². The van der Waals surface area contributed by atoms with Crippen LogP contribution in [0.5, 0.6) is 0 Å². The van der Waals surface area contributed by atoms with Crippen LogP contribution in [0.4, 0.5) is 0 Å². The zero-order valence-electron chi connectivity index (χ0n) is 16.5. The van der Waals surface area contributed by atoms with E-state index in [4.69, 9.17) is 9.26 Å². The van der Waals surface area contributed by atoms with Gasteiger partial charge in [0.2, 0.25) is 0 Å². The number of hydrogen-bond acceptors (Lipinski definition) is 9. The molecule has 9 nitrogen and oxygen atoms in total. The molecule has 0 bridgehead atoms. The Labute approximate surface area is 172 Å². The van der Waals surface area contributed by atoms with Gasteiger partial charge in [0.05, 0.1) is 18.4 Å². The summed E-state index contributed by atoms with van der Waals surface area (Å²) in [6.07, 6.45) is 2.23. The third-order valence-electron chi connectivity index (χ3n) is 3.97. The summed E-state index contributed by atoms with van der Waals surface area (Å²) in [7, 11) is 1.31. The first-order valence-corrected chi connectivity index (χ1v) is 9.91. The van der Waals surface area contributed by atoms with Gasteiger partial charge < -0.3 is 19.3 Å². The summed E-state index contributed by atoms with van der Waals surface area (Å²) in [5, 5.41) is 6.98.